The first-order valence-corrected chi connectivity index (χ1v) is 6.64. The quantitative estimate of drug-likeness (QED) is 0.830. The maximum Gasteiger partial charge on any atom is 0.267 e. The molecule has 0 spiro atoms. The van der Waals surface area contributed by atoms with Crippen molar-refractivity contribution < 1.29 is 4.79 Å². The summed E-state index contributed by atoms with van der Waals surface area (Å²) in [5, 5.41) is 7.25. The second-order valence-electron chi connectivity index (χ2n) is 5.08. The number of nitrogens with one attached hydrogen (secondary N) is 2. The maximum absolute atomic E-state index is 12.0. The second-order valence-corrected chi connectivity index (χ2v) is 5.08. The van der Waals surface area contributed by atoms with Crippen molar-refractivity contribution in [1.82, 2.24) is 20.1 Å². The van der Waals surface area contributed by atoms with Crippen molar-refractivity contribution in [2.24, 2.45) is 7.05 Å². The van der Waals surface area contributed by atoms with Crippen LogP contribution >= 0.6 is 0 Å². The lowest BCUT2D eigenvalue weighted by molar-refractivity contribution is 0.0929. The van der Waals surface area contributed by atoms with Gasteiger partial charge < -0.3 is 10.3 Å². The largest absolute Gasteiger partial charge is 0.357 e. The molecule has 6 nitrogen and oxygen atoms in total. The average Bonchev–Trinajstić information content (AvgIpc) is 2.94. The molecule has 0 saturated heterocycles. The van der Waals surface area contributed by atoms with Gasteiger partial charge in [0.05, 0.1) is 5.69 Å². The van der Waals surface area contributed by atoms with Gasteiger partial charge in [-0.3, -0.25) is 9.59 Å². The van der Waals surface area contributed by atoms with Crippen LogP contribution in [0.3, 0.4) is 0 Å². The van der Waals surface area contributed by atoms with Gasteiger partial charge in [0.1, 0.15) is 5.69 Å². The fourth-order valence-electron chi connectivity index (χ4n) is 2.54. The molecule has 3 rings (SSSR count). The monoisotopic (exact) mass is 272 g/mol. The zero-order valence-corrected chi connectivity index (χ0v) is 11.2. The highest BCUT2D eigenvalue weighted by atomic mass is 16.2. The van der Waals surface area contributed by atoms with Crippen molar-refractivity contribution in [2.75, 3.05) is 0 Å². The van der Waals surface area contributed by atoms with E-state index in [-0.39, 0.29) is 17.5 Å². The number of carbonyl (C=O) groups excluding carboxylic acids is 1. The zero-order valence-electron chi connectivity index (χ0n) is 11.2. The third kappa shape index (κ3) is 2.36. The van der Waals surface area contributed by atoms with Crippen LogP contribution < -0.4 is 10.9 Å². The van der Waals surface area contributed by atoms with Crippen LogP contribution in [0.5, 0.6) is 0 Å². The smallest absolute Gasteiger partial charge is 0.267 e. The summed E-state index contributed by atoms with van der Waals surface area (Å²) < 4.78 is 1.36. The van der Waals surface area contributed by atoms with Gasteiger partial charge in [-0.05, 0) is 37.0 Å². The molecule has 0 bridgehead atoms. The van der Waals surface area contributed by atoms with Crippen LogP contribution in [0.2, 0.25) is 0 Å². The lowest BCUT2D eigenvalue weighted by Crippen LogP contribution is -2.40. The molecular formula is C14H16N4O2. The first-order chi connectivity index (χ1) is 9.63. The van der Waals surface area contributed by atoms with E-state index in [1.54, 1.807) is 31.4 Å². The van der Waals surface area contributed by atoms with Crippen molar-refractivity contribution in [3.8, 4) is 0 Å². The van der Waals surface area contributed by atoms with Gasteiger partial charge >= 0.3 is 0 Å². The molecule has 0 aromatic carbocycles. The van der Waals surface area contributed by atoms with E-state index >= 15 is 0 Å². The van der Waals surface area contributed by atoms with E-state index in [1.165, 1.54) is 4.68 Å². The maximum atomic E-state index is 12.0. The first kappa shape index (κ1) is 12.7. The van der Waals surface area contributed by atoms with Crippen LogP contribution in [0.25, 0.3) is 0 Å². The molecule has 0 fully saturated rings. The van der Waals surface area contributed by atoms with Crippen LogP contribution in [0.4, 0.5) is 0 Å². The predicted molar refractivity (Wildman–Crippen MR) is 73.5 cm³/mol. The van der Waals surface area contributed by atoms with E-state index in [9.17, 15) is 9.59 Å². The number of amides is 1. The lowest BCUT2D eigenvalue weighted by Gasteiger charge is -2.24. The molecule has 2 heterocycles. The Bertz CT molecular complexity index is 688. The van der Waals surface area contributed by atoms with Crippen molar-refractivity contribution in [3.05, 3.63) is 51.7 Å². The van der Waals surface area contributed by atoms with E-state index in [1.807, 2.05) is 0 Å². The van der Waals surface area contributed by atoms with Crippen LogP contribution in [-0.2, 0) is 19.9 Å². The van der Waals surface area contributed by atoms with Gasteiger partial charge in [0.15, 0.2) is 0 Å². The van der Waals surface area contributed by atoms with Gasteiger partial charge in [0.25, 0.3) is 11.5 Å². The minimum Gasteiger partial charge on any atom is -0.357 e. The molecule has 6 heteroatoms. The number of fused-ring (bicyclic) bond motifs is 1. The summed E-state index contributed by atoms with van der Waals surface area (Å²) in [5.41, 5.74) is 2.34. The highest BCUT2D eigenvalue weighted by molar-refractivity contribution is 5.92. The summed E-state index contributed by atoms with van der Waals surface area (Å²) in [7, 11) is 1.65. The SMILES string of the molecule is Cn1nc2c(cc1=O)CC(NC(=O)c1ccc[nH]1)CC2. The average molecular weight is 272 g/mol. The molecule has 2 aromatic heterocycles. The fourth-order valence-corrected chi connectivity index (χ4v) is 2.54. The van der Waals surface area contributed by atoms with Crippen LogP contribution in [0, 0.1) is 0 Å². The minimum absolute atomic E-state index is 0.0483. The normalized spacial score (nSPS) is 17.6. The minimum atomic E-state index is -0.111. The lowest BCUT2D eigenvalue weighted by atomic mass is 9.92. The number of hydrogen-bond donors (Lipinski definition) is 2. The summed E-state index contributed by atoms with van der Waals surface area (Å²) in [6.45, 7) is 0. The first-order valence-electron chi connectivity index (χ1n) is 6.64. The van der Waals surface area contributed by atoms with E-state index in [0.29, 0.717) is 12.1 Å². The number of rotatable bonds is 2. The van der Waals surface area contributed by atoms with Gasteiger partial charge in [-0.2, -0.15) is 5.10 Å². The predicted octanol–water partition coefficient (Wildman–Crippen LogP) is 0.396. The van der Waals surface area contributed by atoms with Gasteiger partial charge in [0, 0.05) is 25.4 Å². The Labute approximate surface area is 115 Å². The summed E-state index contributed by atoms with van der Waals surface area (Å²) in [6.07, 6.45) is 3.99. The molecule has 104 valence electrons. The van der Waals surface area contributed by atoms with Crippen LogP contribution in [0.1, 0.15) is 28.2 Å². The summed E-state index contributed by atoms with van der Waals surface area (Å²) in [4.78, 5) is 26.5. The van der Waals surface area contributed by atoms with Crippen molar-refractivity contribution in [3.63, 3.8) is 0 Å². The molecule has 1 aliphatic rings. The van der Waals surface area contributed by atoms with Crippen molar-refractivity contribution >= 4 is 5.91 Å². The number of hydrogen-bond acceptors (Lipinski definition) is 3. The van der Waals surface area contributed by atoms with Gasteiger partial charge in [-0.1, -0.05) is 0 Å². The van der Waals surface area contributed by atoms with Crippen molar-refractivity contribution in [2.45, 2.75) is 25.3 Å². The van der Waals surface area contributed by atoms with E-state index < -0.39 is 0 Å². The number of carbonyl (C=O) groups is 1. The van der Waals surface area contributed by atoms with Crippen LogP contribution in [-0.4, -0.2) is 26.7 Å². The Balaban J connectivity index is 1.74. The van der Waals surface area contributed by atoms with Gasteiger partial charge in [-0.15, -0.1) is 0 Å². The Kier molecular flexibility index (Phi) is 3.14. The molecule has 1 atom stereocenters. The third-order valence-corrected chi connectivity index (χ3v) is 3.63. The summed E-state index contributed by atoms with van der Waals surface area (Å²) in [6, 6.07) is 5.20. The molecule has 0 saturated carbocycles. The standard InChI is InChI=1S/C14H16N4O2/c1-18-13(19)8-9-7-10(4-5-11(9)17-18)16-14(20)12-3-2-6-15-12/h2-3,6,8,10,15H,4-5,7H2,1H3,(H,16,20). The van der Waals surface area contributed by atoms with Gasteiger partial charge in [-0.25, -0.2) is 4.68 Å². The highest BCUT2D eigenvalue weighted by Gasteiger charge is 2.22. The summed E-state index contributed by atoms with van der Waals surface area (Å²) in [5.74, 6) is -0.111. The topological polar surface area (TPSA) is 79.8 Å². The number of aromatic amines is 1. The number of aromatic nitrogens is 3. The number of nitrogens with zero attached hydrogens (tertiary/aromatic N) is 2. The molecule has 20 heavy (non-hydrogen) atoms. The Morgan fingerprint density at radius 3 is 3.15 bits per heavy atom. The number of aryl methyl sites for hydroxylation is 2. The Hall–Kier alpha value is -2.37. The van der Waals surface area contributed by atoms with Crippen molar-refractivity contribution in [1.29, 1.82) is 0 Å². The molecule has 0 aliphatic heterocycles. The molecule has 1 aliphatic carbocycles. The zero-order chi connectivity index (χ0) is 14.1. The summed E-state index contributed by atoms with van der Waals surface area (Å²) >= 11 is 0. The van der Waals surface area contributed by atoms with E-state index in [4.69, 9.17) is 0 Å². The third-order valence-electron chi connectivity index (χ3n) is 3.63. The van der Waals surface area contributed by atoms with E-state index in [2.05, 4.69) is 15.4 Å². The molecule has 2 N–H and O–H groups in total. The molecule has 1 unspecified atom stereocenters. The van der Waals surface area contributed by atoms with Gasteiger partial charge in [0.2, 0.25) is 0 Å². The number of H-pyrrole nitrogens is 1. The molecule has 2 aromatic rings. The highest BCUT2D eigenvalue weighted by Crippen LogP contribution is 2.18. The Morgan fingerprint density at radius 1 is 1.55 bits per heavy atom. The molecule has 0 radical (unpaired) electrons. The molecule has 1 amide bonds. The van der Waals surface area contributed by atoms with Crippen LogP contribution in [0.15, 0.2) is 29.2 Å². The van der Waals surface area contributed by atoms with E-state index in [0.717, 1.165) is 24.1 Å². The fraction of sp³-hybridized carbons (Fsp3) is 0.357. The Morgan fingerprint density at radius 2 is 2.40 bits per heavy atom. The molecular weight excluding hydrogens is 256 g/mol. The second kappa shape index (κ2) is 4.96.